The molecule has 0 amide bonds. The van der Waals surface area contributed by atoms with E-state index >= 15 is 0 Å². The monoisotopic (exact) mass is 292 g/mol. The van der Waals surface area contributed by atoms with Crippen LogP contribution in [0, 0.1) is 3.36 Å². The zero-order valence-corrected chi connectivity index (χ0v) is 12.4. The fourth-order valence-electron chi connectivity index (χ4n) is 0.283. The zero-order chi connectivity index (χ0) is 8.58. The fraction of sp³-hybridized carbons (Fsp3) is 0.857. The Balaban J connectivity index is 0. The summed E-state index contributed by atoms with van der Waals surface area (Å²) in [6.07, 6.45) is 0. The zero-order valence-electron chi connectivity index (χ0n) is 8.26. The molecule has 0 aliphatic rings. The average Bonchev–Trinajstić information content (AvgIpc) is 1.62. The van der Waals surface area contributed by atoms with Gasteiger partial charge in [0.25, 0.3) is 0 Å². The fourth-order valence-corrected chi connectivity index (χ4v) is 4.42. The second-order valence-corrected chi connectivity index (χ2v) is 13.5. The van der Waals surface area contributed by atoms with Gasteiger partial charge >= 0.3 is 18.9 Å². The second-order valence-electron chi connectivity index (χ2n) is 4.14. The van der Waals surface area contributed by atoms with E-state index in [9.17, 15) is 0 Å². The van der Waals surface area contributed by atoms with Crippen LogP contribution in [0.3, 0.4) is 0 Å². The molecule has 0 N–H and O–H groups in total. The molecule has 0 saturated heterocycles. The molecule has 0 aromatic carbocycles. The first-order chi connectivity index (χ1) is 4.19. The molecule has 0 nitrogen and oxygen atoms in total. The van der Waals surface area contributed by atoms with E-state index in [1.165, 1.54) is 3.36 Å². The minimum Gasteiger partial charge on any atom is -0.307 e. The topological polar surface area (TPSA) is 0 Å². The maximum Gasteiger partial charge on any atom is 1.00 e. The van der Waals surface area contributed by atoms with Gasteiger partial charge in [0, 0.05) is 0 Å². The van der Waals surface area contributed by atoms with Gasteiger partial charge in [0.15, 0.2) is 0 Å². The van der Waals surface area contributed by atoms with Crippen molar-refractivity contribution >= 4 is 39.9 Å². The minimum absolute atomic E-state index is 0. The van der Waals surface area contributed by atoms with Crippen molar-refractivity contribution in [3.8, 4) is 0 Å². The van der Waals surface area contributed by atoms with Crippen LogP contribution in [0.1, 0.15) is 20.8 Å². The summed E-state index contributed by atoms with van der Waals surface area (Å²) in [6, 6.07) is 0. The third-order valence-corrected chi connectivity index (χ3v) is 13.0. The van der Waals surface area contributed by atoms with E-state index in [2.05, 4.69) is 65.7 Å². The molecule has 0 aliphatic heterocycles. The molecule has 4 heteroatoms. The van der Waals surface area contributed by atoms with Crippen LogP contribution in [0.2, 0.25) is 18.1 Å². The van der Waals surface area contributed by atoms with Gasteiger partial charge in [-0.05, 0) is 0 Å². The maximum atomic E-state index is 3.53. The summed E-state index contributed by atoms with van der Waals surface area (Å²) in [6.45, 7) is 11.6. The summed E-state index contributed by atoms with van der Waals surface area (Å²) in [5.74, 6) is 0. The molecule has 0 atom stereocenters. The van der Waals surface area contributed by atoms with E-state index in [1.54, 1.807) is 0 Å². The Bertz CT molecular complexity index is 118. The summed E-state index contributed by atoms with van der Waals surface area (Å²) >= 11 is 7.05. The van der Waals surface area contributed by atoms with E-state index in [-0.39, 0.29) is 18.9 Å². The van der Waals surface area contributed by atoms with Gasteiger partial charge in [-0.3, -0.25) is 0 Å². The van der Waals surface area contributed by atoms with Crippen molar-refractivity contribution in [2.24, 2.45) is 0 Å². The van der Waals surface area contributed by atoms with E-state index in [0.717, 1.165) is 0 Å². The number of hydrogen-bond donors (Lipinski definition) is 0. The molecular weight excluding hydrogens is 279 g/mol. The van der Waals surface area contributed by atoms with Crippen LogP contribution in [0.15, 0.2) is 0 Å². The molecule has 0 spiro atoms. The molecule has 0 aromatic heterocycles. The Morgan fingerprint density at radius 2 is 1.36 bits per heavy atom. The van der Waals surface area contributed by atoms with Crippen molar-refractivity contribution in [1.29, 1.82) is 0 Å². The summed E-state index contributed by atoms with van der Waals surface area (Å²) in [5.41, 5.74) is 0. The standard InChI is InChI=1S/C7H15Br2Si.Li/c1-7(2,3)10(4,5)6(8)9;/h1-5H3;/q-1;+1. The van der Waals surface area contributed by atoms with Gasteiger partial charge in [-0.25, -0.2) is 0 Å². The molecule has 11 heavy (non-hydrogen) atoms. The van der Waals surface area contributed by atoms with Gasteiger partial charge < -0.3 is 31.9 Å². The molecule has 0 radical (unpaired) electrons. The van der Waals surface area contributed by atoms with Crippen molar-refractivity contribution < 1.29 is 18.9 Å². The molecule has 0 unspecified atom stereocenters. The van der Waals surface area contributed by atoms with Gasteiger partial charge in [0.2, 0.25) is 0 Å². The molecule has 0 rings (SSSR count). The Morgan fingerprint density at radius 3 is 1.36 bits per heavy atom. The molecule has 0 aliphatic carbocycles. The van der Waals surface area contributed by atoms with Crippen molar-refractivity contribution in [3.05, 3.63) is 3.36 Å². The summed E-state index contributed by atoms with van der Waals surface area (Å²) in [7, 11) is -1.23. The Morgan fingerprint density at radius 1 is 1.09 bits per heavy atom. The van der Waals surface area contributed by atoms with Crippen molar-refractivity contribution in [2.45, 2.75) is 38.9 Å². The van der Waals surface area contributed by atoms with Gasteiger partial charge in [0.05, 0.1) is 0 Å². The first-order valence-corrected chi connectivity index (χ1v) is 7.96. The summed E-state index contributed by atoms with van der Waals surface area (Å²) in [4.78, 5) is 0. The number of hydrogen-bond acceptors (Lipinski definition) is 0. The SMILES string of the molecule is CC(C)(C)[Si](C)(C)[C-](Br)Br.[Li+]. The van der Waals surface area contributed by atoms with Crippen LogP contribution in [-0.2, 0) is 0 Å². The Hall–Kier alpha value is 1.77. The number of halogens is 2. The molecular formula is C7H15Br2LiSi. The predicted octanol–water partition coefficient (Wildman–Crippen LogP) is 1.32. The van der Waals surface area contributed by atoms with Gasteiger partial charge in [-0.1, -0.05) is 47.0 Å². The van der Waals surface area contributed by atoms with Crippen LogP contribution in [0.5, 0.6) is 0 Å². The van der Waals surface area contributed by atoms with Crippen LogP contribution >= 0.6 is 31.9 Å². The largest absolute Gasteiger partial charge is 1.00 e. The second kappa shape index (κ2) is 4.86. The predicted molar refractivity (Wildman–Crippen MR) is 58.3 cm³/mol. The summed E-state index contributed by atoms with van der Waals surface area (Å²) < 4.78 is 1.28. The smallest absolute Gasteiger partial charge is 0.307 e. The first-order valence-electron chi connectivity index (χ1n) is 3.38. The number of rotatable bonds is 1. The van der Waals surface area contributed by atoms with Gasteiger partial charge in [-0.2, -0.15) is 3.36 Å². The third kappa shape index (κ3) is 4.00. The van der Waals surface area contributed by atoms with Crippen LogP contribution in [0.25, 0.3) is 0 Å². The molecule has 0 saturated carbocycles. The summed E-state index contributed by atoms with van der Waals surface area (Å²) in [5, 5.41) is 0.426. The molecule has 0 bridgehead atoms. The van der Waals surface area contributed by atoms with Crippen molar-refractivity contribution in [3.63, 3.8) is 0 Å². The first kappa shape index (κ1) is 15.3. The quantitative estimate of drug-likeness (QED) is 0.505. The molecule has 0 fully saturated rings. The normalized spacial score (nSPS) is 13.1. The maximum absolute atomic E-state index is 3.53. The van der Waals surface area contributed by atoms with E-state index < -0.39 is 8.07 Å². The van der Waals surface area contributed by atoms with E-state index in [0.29, 0.717) is 5.04 Å². The minimum atomic E-state index is -1.23. The van der Waals surface area contributed by atoms with Gasteiger partial charge in [0.1, 0.15) is 0 Å². The van der Waals surface area contributed by atoms with E-state index in [4.69, 9.17) is 0 Å². The van der Waals surface area contributed by atoms with Crippen LogP contribution in [0.4, 0.5) is 0 Å². The van der Waals surface area contributed by atoms with Gasteiger partial charge in [-0.15, -0.1) is 0 Å². The van der Waals surface area contributed by atoms with Crippen LogP contribution in [-0.4, -0.2) is 8.07 Å². The van der Waals surface area contributed by atoms with Crippen molar-refractivity contribution in [1.82, 2.24) is 0 Å². The molecule has 0 heterocycles. The van der Waals surface area contributed by atoms with Crippen molar-refractivity contribution in [2.75, 3.05) is 0 Å². The van der Waals surface area contributed by atoms with E-state index in [1.807, 2.05) is 0 Å². The Kier molecular flexibility index (Phi) is 6.74. The Labute approximate surface area is 100 Å². The molecule has 62 valence electrons. The third-order valence-electron chi connectivity index (χ3n) is 2.35. The average molecular weight is 294 g/mol. The van der Waals surface area contributed by atoms with Crippen LogP contribution < -0.4 is 18.9 Å². The molecule has 0 aromatic rings.